The second-order valence-corrected chi connectivity index (χ2v) is 6.76. The smallest absolute Gasteiger partial charge is 0.137 e. The molecule has 0 heterocycles. The Morgan fingerprint density at radius 2 is 1.72 bits per heavy atom. The van der Waals surface area contributed by atoms with E-state index in [9.17, 15) is 4.39 Å². The van der Waals surface area contributed by atoms with E-state index in [1.807, 2.05) is 18.2 Å². The maximum atomic E-state index is 13.2. The Bertz CT molecular complexity index is 586. The number of hydrogen-bond donors (Lipinski definition) is 0. The summed E-state index contributed by atoms with van der Waals surface area (Å²) in [5.74, 6) is -0.270. The van der Waals surface area contributed by atoms with Gasteiger partial charge in [0.25, 0.3) is 0 Å². The number of alkyl halides is 1. The van der Waals surface area contributed by atoms with Crippen molar-refractivity contribution in [3.8, 4) is 0 Å². The molecule has 2 rings (SSSR count). The summed E-state index contributed by atoms with van der Waals surface area (Å²) in [7, 11) is 0. The number of benzene rings is 2. The third-order valence-electron chi connectivity index (χ3n) is 2.47. The van der Waals surface area contributed by atoms with Crippen LogP contribution in [-0.4, -0.2) is 0 Å². The van der Waals surface area contributed by atoms with Crippen LogP contribution < -0.4 is 0 Å². The molecule has 1 unspecified atom stereocenters. The van der Waals surface area contributed by atoms with E-state index in [2.05, 4.69) is 47.8 Å². The fraction of sp³-hybridized carbons (Fsp3) is 0.0769. The molecular weight excluding hydrogens is 450 g/mol. The third kappa shape index (κ3) is 3.16. The fourth-order valence-electron chi connectivity index (χ4n) is 1.56. The standard InChI is InChI=1S/C13H7Br3ClF/c14-10-6-8(17)2-3-9(10)13(16)7-1-4-12(18)11(15)5-7/h1-6,13H. The minimum atomic E-state index is -0.270. The van der Waals surface area contributed by atoms with Gasteiger partial charge >= 0.3 is 0 Å². The van der Waals surface area contributed by atoms with E-state index < -0.39 is 0 Å². The summed E-state index contributed by atoms with van der Waals surface area (Å²) >= 11 is 16.2. The maximum absolute atomic E-state index is 13.2. The molecule has 0 nitrogen and oxygen atoms in total. The summed E-state index contributed by atoms with van der Waals surface area (Å²) in [6.45, 7) is 0. The van der Waals surface area contributed by atoms with Crippen molar-refractivity contribution < 1.29 is 4.39 Å². The van der Waals surface area contributed by atoms with Gasteiger partial charge in [0.2, 0.25) is 0 Å². The summed E-state index contributed by atoms with van der Waals surface area (Å²) < 4.78 is 14.6. The van der Waals surface area contributed by atoms with Crippen LogP contribution in [0.1, 0.15) is 16.0 Å². The lowest BCUT2D eigenvalue weighted by molar-refractivity contribution is 0.620. The first-order valence-corrected chi connectivity index (χ1v) is 7.91. The molecule has 1 atom stereocenters. The minimum absolute atomic E-state index is 0.0268. The SMILES string of the molecule is Fc1ccc(C(Br)c2ccc(Cl)cc2Br)cc1Br. The average Bonchev–Trinajstić information content (AvgIpc) is 2.32. The third-order valence-corrected chi connectivity index (χ3v) is 5.02. The van der Waals surface area contributed by atoms with Gasteiger partial charge in [0.15, 0.2) is 0 Å². The van der Waals surface area contributed by atoms with Gasteiger partial charge in [0.1, 0.15) is 5.82 Å². The van der Waals surface area contributed by atoms with E-state index in [1.54, 1.807) is 12.1 Å². The van der Waals surface area contributed by atoms with E-state index in [0.717, 1.165) is 15.6 Å². The quantitative estimate of drug-likeness (QED) is 0.453. The fourth-order valence-corrected chi connectivity index (χ4v) is 3.86. The highest BCUT2D eigenvalue weighted by Gasteiger charge is 2.15. The second kappa shape index (κ2) is 6.04. The van der Waals surface area contributed by atoms with Crippen LogP contribution in [0.5, 0.6) is 0 Å². The molecule has 0 bridgehead atoms. The Morgan fingerprint density at radius 1 is 1.00 bits per heavy atom. The van der Waals surface area contributed by atoms with Gasteiger partial charge in [-0.05, 0) is 51.3 Å². The van der Waals surface area contributed by atoms with Crippen LogP contribution in [0, 0.1) is 5.82 Å². The predicted molar refractivity (Wildman–Crippen MR) is 84.0 cm³/mol. The van der Waals surface area contributed by atoms with Crippen molar-refractivity contribution in [1.82, 2.24) is 0 Å². The second-order valence-electron chi connectivity index (χ2n) is 3.70. The zero-order chi connectivity index (χ0) is 13.3. The summed E-state index contributed by atoms with van der Waals surface area (Å²) in [4.78, 5) is -0.0268. The molecule has 0 saturated heterocycles. The molecule has 0 fully saturated rings. The monoisotopic (exact) mass is 454 g/mol. The molecule has 2 aromatic carbocycles. The zero-order valence-corrected chi connectivity index (χ0v) is 14.4. The molecule has 0 radical (unpaired) electrons. The van der Waals surface area contributed by atoms with Crippen LogP contribution in [0.3, 0.4) is 0 Å². The first kappa shape index (κ1) is 14.5. The lowest BCUT2D eigenvalue weighted by Crippen LogP contribution is -1.95. The number of hydrogen-bond acceptors (Lipinski definition) is 0. The molecule has 0 aliphatic rings. The number of rotatable bonds is 2. The van der Waals surface area contributed by atoms with E-state index in [1.165, 1.54) is 6.07 Å². The van der Waals surface area contributed by atoms with E-state index in [0.29, 0.717) is 9.50 Å². The highest BCUT2D eigenvalue weighted by molar-refractivity contribution is 9.11. The van der Waals surface area contributed by atoms with Gasteiger partial charge in [-0.25, -0.2) is 4.39 Å². The lowest BCUT2D eigenvalue weighted by Gasteiger charge is -2.13. The van der Waals surface area contributed by atoms with Crippen molar-refractivity contribution in [2.24, 2.45) is 0 Å². The Morgan fingerprint density at radius 3 is 2.33 bits per heavy atom. The molecular formula is C13H7Br3ClF. The molecule has 0 N–H and O–H groups in total. The van der Waals surface area contributed by atoms with E-state index in [4.69, 9.17) is 11.6 Å². The molecule has 0 aliphatic carbocycles. The molecule has 0 aromatic heterocycles. The topological polar surface area (TPSA) is 0 Å². The van der Waals surface area contributed by atoms with E-state index >= 15 is 0 Å². The summed E-state index contributed by atoms with van der Waals surface area (Å²) in [5, 5.41) is 0.672. The summed E-state index contributed by atoms with van der Waals surface area (Å²) in [6.07, 6.45) is 0. The Kier molecular flexibility index (Phi) is 4.86. The van der Waals surface area contributed by atoms with Gasteiger partial charge in [0.05, 0.1) is 9.30 Å². The highest BCUT2D eigenvalue weighted by atomic mass is 79.9. The van der Waals surface area contributed by atoms with Crippen molar-refractivity contribution in [2.45, 2.75) is 4.83 Å². The minimum Gasteiger partial charge on any atom is -0.206 e. The van der Waals surface area contributed by atoms with Gasteiger partial charge in [-0.3, -0.25) is 0 Å². The summed E-state index contributed by atoms with van der Waals surface area (Å²) in [6, 6.07) is 10.6. The predicted octanol–water partition coefficient (Wildman–Crippen LogP) is 6.49. The van der Waals surface area contributed by atoms with Crippen LogP contribution in [0.25, 0.3) is 0 Å². The molecule has 0 saturated carbocycles. The molecule has 0 spiro atoms. The zero-order valence-electron chi connectivity index (χ0n) is 8.93. The van der Waals surface area contributed by atoms with Gasteiger partial charge in [-0.1, -0.05) is 55.6 Å². The van der Waals surface area contributed by atoms with Gasteiger partial charge < -0.3 is 0 Å². The van der Waals surface area contributed by atoms with Crippen molar-refractivity contribution in [1.29, 1.82) is 0 Å². The van der Waals surface area contributed by atoms with Crippen molar-refractivity contribution in [3.63, 3.8) is 0 Å². The number of halogens is 5. The Balaban J connectivity index is 2.41. The van der Waals surface area contributed by atoms with E-state index in [-0.39, 0.29) is 10.6 Å². The maximum Gasteiger partial charge on any atom is 0.137 e. The van der Waals surface area contributed by atoms with Crippen LogP contribution in [0.4, 0.5) is 4.39 Å². The van der Waals surface area contributed by atoms with Crippen molar-refractivity contribution >= 4 is 59.4 Å². The first-order chi connectivity index (χ1) is 8.49. The van der Waals surface area contributed by atoms with Crippen LogP contribution >= 0.6 is 59.4 Å². The van der Waals surface area contributed by atoms with Gasteiger partial charge in [-0.15, -0.1) is 0 Å². The molecule has 0 amide bonds. The largest absolute Gasteiger partial charge is 0.206 e. The van der Waals surface area contributed by atoms with Crippen LogP contribution in [0.15, 0.2) is 45.3 Å². The highest BCUT2D eigenvalue weighted by Crippen LogP contribution is 2.37. The van der Waals surface area contributed by atoms with Gasteiger partial charge in [-0.2, -0.15) is 0 Å². The van der Waals surface area contributed by atoms with Crippen LogP contribution in [-0.2, 0) is 0 Å². The molecule has 94 valence electrons. The normalized spacial score (nSPS) is 12.5. The van der Waals surface area contributed by atoms with Crippen LogP contribution in [0.2, 0.25) is 5.02 Å². The molecule has 2 aromatic rings. The molecule has 18 heavy (non-hydrogen) atoms. The Hall–Kier alpha value is 0.1000. The lowest BCUT2D eigenvalue weighted by atomic mass is 10.1. The van der Waals surface area contributed by atoms with Gasteiger partial charge in [0, 0.05) is 9.50 Å². The van der Waals surface area contributed by atoms with Crippen molar-refractivity contribution in [2.75, 3.05) is 0 Å². The molecule has 5 heteroatoms. The average molecular weight is 457 g/mol. The Labute approximate surface area is 135 Å². The summed E-state index contributed by atoms with van der Waals surface area (Å²) in [5.41, 5.74) is 2.00. The molecule has 0 aliphatic heterocycles. The first-order valence-electron chi connectivity index (χ1n) is 5.03. The van der Waals surface area contributed by atoms with Crippen molar-refractivity contribution in [3.05, 3.63) is 67.3 Å².